The number of benzene rings is 1. The number of thiophene rings is 1. The van der Waals surface area contributed by atoms with Crippen molar-refractivity contribution in [2.45, 2.75) is 25.7 Å². The van der Waals surface area contributed by atoms with E-state index in [1.807, 2.05) is 0 Å². The molecule has 1 aliphatic rings. The minimum Gasteiger partial charge on any atom is -0.452 e. The van der Waals surface area contributed by atoms with E-state index in [1.54, 1.807) is 28.8 Å². The van der Waals surface area contributed by atoms with Crippen molar-refractivity contribution < 1.29 is 19.1 Å². The summed E-state index contributed by atoms with van der Waals surface area (Å²) in [5, 5.41) is 2.30. The second-order valence-corrected chi connectivity index (χ2v) is 7.24. The highest BCUT2D eigenvalue weighted by atomic mass is 35.5. The van der Waals surface area contributed by atoms with Gasteiger partial charge < -0.3 is 4.74 Å². The molecule has 2 amide bonds. The van der Waals surface area contributed by atoms with Crippen LogP contribution in [0.3, 0.4) is 0 Å². The Morgan fingerprint density at radius 3 is 2.58 bits per heavy atom. The minimum absolute atomic E-state index is 0.344. The maximum atomic E-state index is 12.2. The van der Waals surface area contributed by atoms with Gasteiger partial charge in [0.2, 0.25) is 0 Å². The molecular weight excluding hydrogens is 376 g/mol. The summed E-state index contributed by atoms with van der Waals surface area (Å²) in [5.74, 6) is -1.62. The fourth-order valence-electron chi connectivity index (χ4n) is 2.71. The molecule has 0 spiro atoms. The number of carbonyl (C=O) groups excluding carboxylic acids is 3. The number of ether oxygens (including phenoxy) is 1. The molecule has 0 unspecified atom stereocenters. The Bertz CT molecular complexity index is 832. The zero-order valence-corrected chi connectivity index (χ0v) is 15.4. The number of hydrazine groups is 1. The molecule has 26 heavy (non-hydrogen) atoms. The largest absolute Gasteiger partial charge is 0.452 e. The zero-order valence-electron chi connectivity index (χ0n) is 13.8. The number of halogens is 1. The summed E-state index contributed by atoms with van der Waals surface area (Å²) in [6.07, 6.45) is 4.05. The topological polar surface area (TPSA) is 84.5 Å². The first-order valence-electron chi connectivity index (χ1n) is 8.15. The van der Waals surface area contributed by atoms with Gasteiger partial charge in [-0.1, -0.05) is 11.6 Å². The van der Waals surface area contributed by atoms with E-state index >= 15 is 0 Å². The van der Waals surface area contributed by atoms with Gasteiger partial charge in [0, 0.05) is 20.8 Å². The monoisotopic (exact) mass is 392 g/mol. The van der Waals surface area contributed by atoms with Crippen LogP contribution < -0.4 is 10.9 Å². The zero-order chi connectivity index (χ0) is 18.5. The van der Waals surface area contributed by atoms with Crippen LogP contribution >= 0.6 is 22.9 Å². The van der Waals surface area contributed by atoms with Crippen molar-refractivity contribution in [2.75, 3.05) is 6.61 Å². The van der Waals surface area contributed by atoms with Crippen LogP contribution in [0, 0.1) is 0 Å². The Labute approximate surface area is 159 Å². The van der Waals surface area contributed by atoms with E-state index < -0.39 is 24.4 Å². The molecule has 1 aromatic carbocycles. The number of aryl methyl sites for hydroxylation is 1. The maximum Gasteiger partial charge on any atom is 0.339 e. The molecule has 1 aliphatic carbocycles. The first kappa shape index (κ1) is 18.4. The maximum absolute atomic E-state index is 12.2. The van der Waals surface area contributed by atoms with Crippen LogP contribution in [0.15, 0.2) is 29.6 Å². The fraction of sp³-hybridized carbons (Fsp3) is 0.278. The highest BCUT2D eigenvalue weighted by Gasteiger charge is 2.21. The minimum atomic E-state index is -0.621. The number of hydrogen-bond donors (Lipinski definition) is 2. The molecule has 0 bridgehead atoms. The first-order chi connectivity index (χ1) is 12.5. The SMILES string of the molecule is O=C(COC(=O)c1csc2c1CCCC2)NNC(=O)c1ccc(Cl)cc1. The van der Waals surface area contributed by atoms with Gasteiger partial charge in [-0.2, -0.15) is 0 Å². The molecule has 1 aromatic heterocycles. The number of amides is 2. The molecule has 0 saturated carbocycles. The summed E-state index contributed by atoms with van der Waals surface area (Å²) < 4.78 is 5.05. The van der Waals surface area contributed by atoms with Gasteiger partial charge in [-0.05, 0) is 55.5 Å². The van der Waals surface area contributed by atoms with Crippen molar-refractivity contribution in [3.05, 3.63) is 56.2 Å². The third-order valence-corrected chi connectivity index (χ3v) is 5.38. The third kappa shape index (κ3) is 4.42. The molecule has 1 heterocycles. The van der Waals surface area contributed by atoms with E-state index in [1.165, 1.54) is 17.0 Å². The summed E-state index contributed by atoms with van der Waals surface area (Å²) >= 11 is 7.31. The Morgan fingerprint density at radius 2 is 1.81 bits per heavy atom. The number of hydrogen-bond acceptors (Lipinski definition) is 5. The molecule has 0 atom stereocenters. The van der Waals surface area contributed by atoms with Crippen LogP contribution in [0.25, 0.3) is 0 Å². The predicted octanol–water partition coefficient (Wildman–Crippen LogP) is 2.90. The highest BCUT2D eigenvalue weighted by molar-refractivity contribution is 7.10. The van der Waals surface area contributed by atoms with E-state index in [0.29, 0.717) is 16.1 Å². The molecule has 0 aliphatic heterocycles. The molecule has 2 N–H and O–H groups in total. The molecule has 0 radical (unpaired) electrons. The third-order valence-electron chi connectivity index (χ3n) is 4.04. The first-order valence-corrected chi connectivity index (χ1v) is 9.41. The quantitative estimate of drug-likeness (QED) is 0.619. The number of esters is 1. The van der Waals surface area contributed by atoms with Crippen LogP contribution in [0.2, 0.25) is 5.02 Å². The summed E-state index contributed by atoms with van der Waals surface area (Å²) in [6.45, 7) is -0.468. The Balaban J connectivity index is 1.46. The number of rotatable bonds is 4. The van der Waals surface area contributed by atoms with Gasteiger partial charge in [0.1, 0.15) is 0 Å². The molecular formula is C18H17ClN2O4S. The van der Waals surface area contributed by atoms with Gasteiger partial charge >= 0.3 is 5.97 Å². The molecule has 8 heteroatoms. The van der Waals surface area contributed by atoms with Crippen LogP contribution in [-0.2, 0) is 22.4 Å². The van der Waals surface area contributed by atoms with Gasteiger partial charge in [-0.15, -0.1) is 11.3 Å². The molecule has 2 aromatic rings. The highest BCUT2D eigenvalue weighted by Crippen LogP contribution is 2.30. The number of carbonyl (C=O) groups is 3. The molecule has 3 rings (SSSR count). The number of nitrogens with one attached hydrogen (secondary N) is 2. The van der Waals surface area contributed by atoms with E-state index in [4.69, 9.17) is 16.3 Å². The fourth-order valence-corrected chi connectivity index (χ4v) is 3.95. The average Bonchev–Trinajstić information content (AvgIpc) is 3.09. The van der Waals surface area contributed by atoms with Crippen molar-refractivity contribution in [2.24, 2.45) is 0 Å². The molecule has 6 nitrogen and oxygen atoms in total. The van der Waals surface area contributed by atoms with Gasteiger partial charge in [0.05, 0.1) is 5.56 Å². The normalized spacial score (nSPS) is 12.8. The Morgan fingerprint density at radius 1 is 1.08 bits per heavy atom. The second kappa shape index (κ2) is 8.33. The summed E-state index contributed by atoms with van der Waals surface area (Å²) in [5.41, 5.74) is 6.40. The predicted molar refractivity (Wildman–Crippen MR) is 98.3 cm³/mol. The summed E-state index contributed by atoms with van der Waals surface area (Å²) in [7, 11) is 0. The van der Waals surface area contributed by atoms with Gasteiger partial charge in [0.15, 0.2) is 6.61 Å². The van der Waals surface area contributed by atoms with E-state index in [9.17, 15) is 14.4 Å². The molecule has 136 valence electrons. The van der Waals surface area contributed by atoms with Crippen molar-refractivity contribution in [3.63, 3.8) is 0 Å². The van der Waals surface area contributed by atoms with Gasteiger partial charge in [-0.3, -0.25) is 20.4 Å². The Kier molecular flexibility index (Phi) is 5.90. The van der Waals surface area contributed by atoms with Crippen molar-refractivity contribution in [1.29, 1.82) is 0 Å². The van der Waals surface area contributed by atoms with Crippen molar-refractivity contribution in [3.8, 4) is 0 Å². The Hall–Kier alpha value is -2.38. The lowest BCUT2D eigenvalue weighted by atomic mass is 9.96. The smallest absolute Gasteiger partial charge is 0.339 e. The van der Waals surface area contributed by atoms with Crippen LogP contribution in [0.1, 0.15) is 44.0 Å². The number of fused-ring (bicyclic) bond motifs is 1. The van der Waals surface area contributed by atoms with Crippen LogP contribution in [-0.4, -0.2) is 24.4 Å². The summed E-state index contributed by atoms with van der Waals surface area (Å²) in [4.78, 5) is 37.0. The standard InChI is InChI=1S/C18H17ClN2O4S/c19-12-7-5-11(6-8-12)17(23)21-20-16(22)9-25-18(24)14-10-26-15-4-2-1-3-13(14)15/h5-8,10H,1-4,9H2,(H,20,22)(H,21,23). The molecule has 0 fully saturated rings. The average molecular weight is 393 g/mol. The summed E-state index contributed by atoms with van der Waals surface area (Å²) in [6, 6.07) is 6.20. The van der Waals surface area contributed by atoms with Gasteiger partial charge in [0.25, 0.3) is 11.8 Å². The van der Waals surface area contributed by atoms with Crippen molar-refractivity contribution in [1.82, 2.24) is 10.9 Å². The van der Waals surface area contributed by atoms with Gasteiger partial charge in [-0.25, -0.2) is 4.79 Å². The van der Waals surface area contributed by atoms with Crippen molar-refractivity contribution >= 4 is 40.7 Å². The second-order valence-electron chi connectivity index (χ2n) is 5.84. The lowest BCUT2D eigenvalue weighted by Crippen LogP contribution is -2.43. The van der Waals surface area contributed by atoms with E-state index in [0.717, 1.165) is 31.2 Å². The van der Waals surface area contributed by atoms with E-state index in [2.05, 4.69) is 10.9 Å². The lowest BCUT2D eigenvalue weighted by molar-refractivity contribution is -0.125. The van der Waals surface area contributed by atoms with Crippen LogP contribution in [0.4, 0.5) is 0 Å². The van der Waals surface area contributed by atoms with Crippen LogP contribution in [0.5, 0.6) is 0 Å². The molecule has 0 saturated heterocycles. The van der Waals surface area contributed by atoms with E-state index in [-0.39, 0.29) is 0 Å². The lowest BCUT2D eigenvalue weighted by Gasteiger charge is -2.12.